The van der Waals surface area contributed by atoms with Crippen LogP contribution in [0.2, 0.25) is 0 Å². The molecule has 0 amide bonds. The molecule has 0 aliphatic carbocycles. The van der Waals surface area contributed by atoms with Crippen LogP contribution in [0.15, 0.2) is 34.0 Å². The highest BCUT2D eigenvalue weighted by atomic mass is 127. The summed E-state index contributed by atoms with van der Waals surface area (Å²) in [5, 5.41) is 3.32. The SMILES string of the molecule is CN=C(NCc1ccnc(C)n1)N(C)Cc1cc(Br)cn1C.I. The molecule has 8 heteroatoms. The number of aryl methyl sites for hydroxylation is 2. The third-order valence-electron chi connectivity index (χ3n) is 3.31. The highest BCUT2D eigenvalue weighted by Crippen LogP contribution is 2.14. The second-order valence-electron chi connectivity index (χ2n) is 5.11. The molecule has 2 heterocycles. The van der Waals surface area contributed by atoms with Gasteiger partial charge < -0.3 is 14.8 Å². The van der Waals surface area contributed by atoms with Crippen LogP contribution in [0.4, 0.5) is 0 Å². The van der Waals surface area contributed by atoms with Gasteiger partial charge in [-0.05, 0) is 35.0 Å². The molecule has 0 saturated heterocycles. The van der Waals surface area contributed by atoms with Crippen molar-refractivity contribution in [2.45, 2.75) is 20.0 Å². The summed E-state index contributed by atoms with van der Waals surface area (Å²) >= 11 is 3.50. The number of nitrogens with zero attached hydrogens (tertiary/aromatic N) is 5. The van der Waals surface area contributed by atoms with E-state index >= 15 is 0 Å². The Balaban J connectivity index is 0.00000264. The second-order valence-corrected chi connectivity index (χ2v) is 6.03. The molecule has 0 fully saturated rings. The van der Waals surface area contributed by atoms with E-state index in [1.807, 2.05) is 33.3 Å². The fraction of sp³-hybridized carbons (Fsp3) is 0.400. The van der Waals surface area contributed by atoms with Crippen molar-refractivity contribution in [1.29, 1.82) is 0 Å². The average molecular weight is 493 g/mol. The Morgan fingerprint density at radius 1 is 1.48 bits per heavy atom. The van der Waals surface area contributed by atoms with Gasteiger partial charge in [0.1, 0.15) is 5.82 Å². The topological polar surface area (TPSA) is 58.3 Å². The Morgan fingerprint density at radius 3 is 2.78 bits per heavy atom. The van der Waals surface area contributed by atoms with E-state index in [0.29, 0.717) is 6.54 Å². The molecule has 0 unspecified atom stereocenters. The van der Waals surface area contributed by atoms with E-state index in [1.54, 1.807) is 13.2 Å². The second kappa shape index (κ2) is 9.21. The smallest absolute Gasteiger partial charge is 0.194 e. The molecule has 0 atom stereocenters. The van der Waals surface area contributed by atoms with Crippen LogP contribution in [0.3, 0.4) is 0 Å². The van der Waals surface area contributed by atoms with Crippen LogP contribution in [0.5, 0.6) is 0 Å². The maximum absolute atomic E-state index is 4.38. The van der Waals surface area contributed by atoms with Crippen molar-refractivity contribution in [2.75, 3.05) is 14.1 Å². The minimum Gasteiger partial charge on any atom is -0.352 e. The number of hydrogen-bond donors (Lipinski definition) is 1. The Bertz CT molecular complexity index is 670. The normalized spacial score (nSPS) is 11.1. The largest absolute Gasteiger partial charge is 0.352 e. The number of aliphatic imine (C=N–C) groups is 1. The van der Waals surface area contributed by atoms with E-state index in [4.69, 9.17) is 0 Å². The van der Waals surface area contributed by atoms with Gasteiger partial charge >= 0.3 is 0 Å². The van der Waals surface area contributed by atoms with E-state index in [9.17, 15) is 0 Å². The number of nitrogens with one attached hydrogen (secondary N) is 1. The molecular weight excluding hydrogens is 471 g/mol. The van der Waals surface area contributed by atoms with Crippen molar-refractivity contribution in [2.24, 2.45) is 12.0 Å². The fourth-order valence-corrected chi connectivity index (χ4v) is 2.77. The van der Waals surface area contributed by atoms with Crippen LogP contribution in [0, 0.1) is 6.92 Å². The molecule has 2 aromatic heterocycles. The number of hydrogen-bond acceptors (Lipinski definition) is 3. The number of aromatic nitrogens is 3. The van der Waals surface area contributed by atoms with Crippen molar-refractivity contribution in [3.63, 3.8) is 0 Å². The van der Waals surface area contributed by atoms with Crippen molar-refractivity contribution in [1.82, 2.24) is 24.8 Å². The molecule has 2 rings (SSSR count). The van der Waals surface area contributed by atoms with Crippen molar-refractivity contribution < 1.29 is 0 Å². The van der Waals surface area contributed by atoms with Gasteiger partial charge in [-0.3, -0.25) is 4.99 Å². The summed E-state index contributed by atoms with van der Waals surface area (Å²) in [5.41, 5.74) is 2.15. The van der Waals surface area contributed by atoms with E-state index in [0.717, 1.165) is 28.5 Å². The predicted molar refractivity (Wildman–Crippen MR) is 107 cm³/mol. The van der Waals surface area contributed by atoms with Crippen LogP contribution < -0.4 is 5.32 Å². The molecule has 0 aromatic carbocycles. The van der Waals surface area contributed by atoms with E-state index in [1.165, 1.54) is 5.69 Å². The molecule has 1 N–H and O–H groups in total. The minimum atomic E-state index is 0. The van der Waals surface area contributed by atoms with Crippen LogP contribution in [-0.2, 0) is 20.1 Å². The fourth-order valence-electron chi connectivity index (χ4n) is 2.20. The summed E-state index contributed by atoms with van der Waals surface area (Å²) in [6.07, 6.45) is 3.82. The average Bonchev–Trinajstić information content (AvgIpc) is 2.77. The summed E-state index contributed by atoms with van der Waals surface area (Å²) in [7, 11) is 5.83. The first kappa shape index (κ1) is 19.9. The Labute approximate surface area is 162 Å². The molecule has 0 spiro atoms. The van der Waals surface area contributed by atoms with Crippen molar-refractivity contribution in [3.05, 3.63) is 46.2 Å². The molecule has 0 radical (unpaired) electrons. The van der Waals surface area contributed by atoms with Crippen LogP contribution >= 0.6 is 39.9 Å². The lowest BCUT2D eigenvalue weighted by atomic mass is 10.4. The predicted octanol–water partition coefficient (Wildman–Crippen LogP) is 2.71. The lowest BCUT2D eigenvalue weighted by Crippen LogP contribution is -2.38. The molecule has 0 aliphatic heterocycles. The van der Waals surface area contributed by atoms with Gasteiger partial charge in [0.15, 0.2) is 5.96 Å². The van der Waals surface area contributed by atoms with E-state index < -0.39 is 0 Å². The quantitative estimate of drug-likeness (QED) is 0.405. The van der Waals surface area contributed by atoms with Gasteiger partial charge in [-0.2, -0.15) is 0 Å². The first-order chi connectivity index (χ1) is 10.5. The van der Waals surface area contributed by atoms with Gasteiger partial charge in [0, 0.05) is 43.7 Å². The number of halogens is 2. The van der Waals surface area contributed by atoms with Gasteiger partial charge in [0.05, 0.1) is 18.8 Å². The zero-order chi connectivity index (χ0) is 16.1. The zero-order valence-electron chi connectivity index (χ0n) is 13.7. The first-order valence-corrected chi connectivity index (χ1v) is 7.80. The number of guanidine groups is 1. The Hall–Kier alpha value is -1.16. The lowest BCUT2D eigenvalue weighted by molar-refractivity contribution is 0.461. The third kappa shape index (κ3) is 5.76. The van der Waals surface area contributed by atoms with Gasteiger partial charge in [0.2, 0.25) is 0 Å². The van der Waals surface area contributed by atoms with Gasteiger partial charge in [-0.15, -0.1) is 24.0 Å². The summed E-state index contributed by atoms with van der Waals surface area (Å²) in [4.78, 5) is 14.9. The summed E-state index contributed by atoms with van der Waals surface area (Å²) in [6, 6.07) is 4.01. The van der Waals surface area contributed by atoms with Gasteiger partial charge in [0.25, 0.3) is 0 Å². The summed E-state index contributed by atoms with van der Waals surface area (Å²) in [5.74, 6) is 1.60. The van der Waals surface area contributed by atoms with Crippen LogP contribution in [-0.4, -0.2) is 39.5 Å². The Kier molecular flexibility index (Phi) is 7.97. The van der Waals surface area contributed by atoms with Crippen LogP contribution in [0.25, 0.3) is 0 Å². The van der Waals surface area contributed by atoms with Gasteiger partial charge in [-0.1, -0.05) is 0 Å². The Morgan fingerprint density at radius 2 is 2.22 bits per heavy atom. The molecule has 0 aliphatic rings. The van der Waals surface area contributed by atoms with Crippen molar-refractivity contribution in [3.8, 4) is 0 Å². The van der Waals surface area contributed by atoms with Crippen molar-refractivity contribution >= 4 is 45.9 Å². The molecule has 126 valence electrons. The molecule has 23 heavy (non-hydrogen) atoms. The maximum atomic E-state index is 4.38. The molecule has 6 nitrogen and oxygen atoms in total. The van der Waals surface area contributed by atoms with E-state index in [2.05, 4.69) is 51.7 Å². The third-order valence-corrected chi connectivity index (χ3v) is 3.74. The highest BCUT2D eigenvalue weighted by Gasteiger charge is 2.09. The van der Waals surface area contributed by atoms with Crippen LogP contribution in [0.1, 0.15) is 17.2 Å². The lowest BCUT2D eigenvalue weighted by Gasteiger charge is -2.22. The molecular formula is C15H22BrIN6. The zero-order valence-corrected chi connectivity index (χ0v) is 17.7. The van der Waals surface area contributed by atoms with E-state index in [-0.39, 0.29) is 24.0 Å². The highest BCUT2D eigenvalue weighted by molar-refractivity contribution is 14.0. The summed E-state index contributed by atoms with van der Waals surface area (Å²) in [6.45, 7) is 3.28. The standard InChI is InChI=1S/C15H21BrN6.HI/c1-11-18-6-5-13(20-11)8-19-15(17-2)22(4)10-14-7-12(16)9-21(14)3;/h5-7,9H,8,10H2,1-4H3,(H,17,19);1H. The molecule has 2 aromatic rings. The molecule has 0 saturated carbocycles. The molecule has 0 bridgehead atoms. The number of rotatable bonds is 4. The maximum Gasteiger partial charge on any atom is 0.194 e. The monoisotopic (exact) mass is 492 g/mol. The minimum absolute atomic E-state index is 0. The first-order valence-electron chi connectivity index (χ1n) is 7.00. The summed E-state index contributed by atoms with van der Waals surface area (Å²) < 4.78 is 3.18. The van der Waals surface area contributed by atoms with Gasteiger partial charge in [-0.25, -0.2) is 9.97 Å².